The molecule has 0 fully saturated rings. The van der Waals surface area contributed by atoms with Crippen LogP contribution in [0.4, 0.5) is 0 Å². The van der Waals surface area contributed by atoms with Gasteiger partial charge in [-0.15, -0.1) is 6.42 Å². The third kappa shape index (κ3) is 3.52. The fourth-order valence-corrected chi connectivity index (χ4v) is 0.0645. The van der Waals surface area contributed by atoms with Crippen LogP contribution in [0.25, 0.3) is 0 Å². The van der Waals surface area contributed by atoms with Gasteiger partial charge in [0, 0.05) is 0 Å². The lowest BCUT2D eigenvalue weighted by atomic mass is 10.8. The monoisotopic (exact) mass is 70.0 g/mol. The van der Waals surface area contributed by atoms with E-state index in [1.54, 1.807) is 0 Å². The highest BCUT2D eigenvalue weighted by Crippen LogP contribution is 1.50. The van der Waals surface area contributed by atoms with Crippen molar-refractivity contribution in [3.8, 4) is 12.3 Å². The van der Waals surface area contributed by atoms with Crippen LogP contribution in [0.3, 0.4) is 0 Å². The highest BCUT2D eigenvalue weighted by molar-refractivity contribution is 4.82. The minimum atomic E-state index is 0.431. The predicted octanol–water partition coefficient (Wildman–Crippen LogP) is -0.0608. The third-order valence-corrected chi connectivity index (χ3v) is 0.203. The van der Waals surface area contributed by atoms with Crippen LogP contribution in [0, 0.1) is 19.5 Å². The Morgan fingerprint density at radius 2 is 2.60 bits per heavy atom. The van der Waals surface area contributed by atoms with Crippen LogP contribution in [-0.4, -0.2) is 11.3 Å². The van der Waals surface area contributed by atoms with E-state index in [0.717, 1.165) is 0 Å². The van der Waals surface area contributed by atoms with E-state index in [4.69, 9.17) is 6.42 Å². The SMILES string of the molecule is C#CC[OH+][CH2-]. The maximum Gasteiger partial charge on any atom is 0.182 e. The quantitative estimate of drug-likeness (QED) is 0.233. The van der Waals surface area contributed by atoms with Crippen LogP contribution in [0.5, 0.6) is 0 Å². The van der Waals surface area contributed by atoms with E-state index < -0.39 is 0 Å². The zero-order chi connectivity index (χ0) is 4.12. The molecule has 1 heteroatoms. The summed E-state index contributed by atoms with van der Waals surface area (Å²) in [5, 5.41) is 0. The summed E-state index contributed by atoms with van der Waals surface area (Å²) in [7, 11) is 3.16. The fourth-order valence-electron chi connectivity index (χ4n) is 0.0645. The van der Waals surface area contributed by atoms with E-state index in [2.05, 4.69) is 17.8 Å². The lowest BCUT2D eigenvalue weighted by Gasteiger charge is -1.84. The van der Waals surface area contributed by atoms with E-state index in [1.807, 2.05) is 0 Å². The van der Waals surface area contributed by atoms with Gasteiger partial charge in [0.15, 0.2) is 6.61 Å². The van der Waals surface area contributed by atoms with Gasteiger partial charge in [-0.1, -0.05) is 7.11 Å². The second-order valence-corrected chi connectivity index (χ2v) is 0.586. The maximum absolute atomic E-state index is 4.76. The Morgan fingerprint density at radius 3 is 2.60 bits per heavy atom. The minimum absolute atomic E-state index is 0.431. The van der Waals surface area contributed by atoms with Gasteiger partial charge in [0.2, 0.25) is 0 Å². The number of hydrogen-bond donors (Lipinski definition) is 0. The molecule has 5 heavy (non-hydrogen) atoms. The van der Waals surface area contributed by atoms with Crippen LogP contribution in [-0.2, 0) is 0 Å². The molecule has 0 aromatic rings. The summed E-state index contributed by atoms with van der Waals surface area (Å²) in [6.45, 7) is 0.431. The highest BCUT2D eigenvalue weighted by Gasteiger charge is 1.56. The number of rotatable bonds is 1. The average Bonchev–Trinajstić information content (AvgIpc) is 1.41. The molecule has 0 saturated heterocycles. The normalized spacial score (nSPS) is 6.40. The number of ether oxygens (including phenoxy) is 1. The molecule has 0 aromatic carbocycles. The first-order valence-corrected chi connectivity index (χ1v) is 1.27. The minimum Gasteiger partial charge on any atom is -0.572 e. The molecular formula is C4H6O. The molecule has 0 atom stereocenters. The molecule has 0 bridgehead atoms. The molecule has 0 spiro atoms. The van der Waals surface area contributed by atoms with Gasteiger partial charge in [0.05, 0.1) is 0 Å². The fraction of sp³-hybridized carbons (Fsp3) is 0.250. The summed E-state index contributed by atoms with van der Waals surface area (Å²) in [4.78, 5) is 0. The highest BCUT2D eigenvalue weighted by atomic mass is 16.5. The molecular weight excluding hydrogens is 64.0 g/mol. The summed E-state index contributed by atoms with van der Waals surface area (Å²) in [5.74, 6) is 2.29. The zero-order valence-electron chi connectivity index (χ0n) is 2.94. The molecule has 0 unspecified atom stereocenters. The van der Waals surface area contributed by atoms with Crippen LogP contribution in [0.15, 0.2) is 0 Å². The Hall–Kier alpha value is -0.480. The first-order valence-electron chi connectivity index (χ1n) is 1.27. The van der Waals surface area contributed by atoms with Crippen LogP contribution in [0.2, 0.25) is 0 Å². The van der Waals surface area contributed by atoms with Crippen molar-refractivity contribution in [3.05, 3.63) is 7.11 Å². The Bertz CT molecular complexity index is 42.1. The van der Waals surface area contributed by atoms with Crippen molar-refractivity contribution >= 4 is 0 Å². The summed E-state index contributed by atoms with van der Waals surface area (Å²) >= 11 is 0. The first kappa shape index (κ1) is 4.52. The Morgan fingerprint density at radius 1 is 2.00 bits per heavy atom. The van der Waals surface area contributed by atoms with Gasteiger partial charge in [0.25, 0.3) is 0 Å². The zero-order valence-corrected chi connectivity index (χ0v) is 2.94. The summed E-state index contributed by atoms with van der Waals surface area (Å²) in [6, 6.07) is 0. The van der Waals surface area contributed by atoms with Crippen LogP contribution in [0.1, 0.15) is 0 Å². The van der Waals surface area contributed by atoms with Crippen molar-refractivity contribution in [1.29, 1.82) is 0 Å². The molecule has 0 aliphatic rings. The molecule has 0 saturated carbocycles. The largest absolute Gasteiger partial charge is 0.572 e. The second-order valence-electron chi connectivity index (χ2n) is 0.586. The maximum atomic E-state index is 4.76. The topological polar surface area (TPSA) is 12.8 Å². The molecule has 0 aromatic heterocycles. The van der Waals surface area contributed by atoms with Gasteiger partial charge in [-0.2, -0.15) is 0 Å². The van der Waals surface area contributed by atoms with Crippen molar-refractivity contribution in [2.75, 3.05) is 6.61 Å². The molecule has 1 N–H and O–H groups in total. The number of aliphatic hydroxyl groups is 2. The molecule has 0 rings (SSSR count). The first-order chi connectivity index (χ1) is 2.41. The average molecular weight is 70.1 g/mol. The molecule has 28 valence electrons. The molecule has 0 radical (unpaired) electrons. The van der Waals surface area contributed by atoms with Gasteiger partial charge in [-0.05, 0) is 5.92 Å². The van der Waals surface area contributed by atoms with Gasteiger partial charge in [0.1, 0.15) is 0 Å². The number of terminal acetylenes is 1. The standard InChI is InChI=1S/C4H6O/c1-3-4-5-2/h1,5H,2,4H2. The summed E-state index contributed by atoms with van der Waals surface area (Å²) in [5.41, 5.74) is 0. The van der Waals surface area contributed by atoms with Gasteiger partial charge < -0.3 is 4.74 Å². The molecule has 0 amide bonds. The lowest BCUT2D eigenvalue weighted by molar-refractivity contribution is 0.0894. The van der Waals surface area contributed by atoms with Crippen molar-refractivity contribution in [2.45, 2.75) is 0 Å². The Balaban J connectivity index is 2.48. The number of hydrogen-bond acceptors (Lipinski definition) is 0. The predicted molar refractivity (Wildman–Crippen MR) is 21.3 cm³/mol. The van der Waals surface area contributed by atoms with Crippen LogP contribution >= 0.6 is 0 Å². The van der Waals surface area contributed by atoms with E-state index >= 15 is 0 Å². The molecule has 0 aliphatic carbocycles. The van der Waals surface area contributed by atoms with Crippen molar-refractivity contribution in [2.24, 2.45) is 0 Å². The van der Waals surface area contributed by atoms with Crippen molar-refractivity contribution in [3.63, 3.8) is 0 Å². The smallest absolute Gasteiger partial charge is 0.182 e. The van der Waals surface area contributed by atoms with Gasteiger partial charge >= 0.3 is 0 Å². The second kappa shape index (κ2) is 3.52. The van der Waals surface area contributed by atoms with Crippen LogP contribution < -0.4 is 0 Å². The Kier molecular flexibility index (Phi) is 3.18. The van der Waals surface area contributed by atoms with E-state index in [-0.39, 0.29) is 0 Å². The van der Waals surface area contributed by atoms with Crippen molar-refractivity contribution in [1.82, 2.24) is 0 Å². The van der Waals surface area contributed by atoms with Gasteiger partial charge in [-0.3, -0.25) is 0 Å². The van der Waals surface area contributed by atoms with E-state index in [0.29, 0.717) is 6.61 Å². The summed E-state index contributed by atoms with van der Waals surface area (Å²) < 4.78 is 3.37. The third-order valence-electron chi connectivity index (χ3n) is 0.203. The lowest BCUT2D eigenvalue weighted by Crippen LogP contribution is -1.82. The molecule has 1 nitrogen and oxygen atoms in total. The molecule has 0 heterocycles. The van der Waals surface area contributed by atoms with E-state index in [9.17, 15) is 0 Å². The van der Waals surface area contributed by atoms with E-state index in [1.165, 1.54) is 0 Å². The summed E-state index contributed by atoms with van der Waals surface area (Å²) in [6.07, 6.45) is 4.76. The molecule has 0 aliphatic heterocycles. The van der Waals surface area contributed by atoms with Crippen molar-refractivity contribution < 1.29 is 4.74 Å². The van der Waals surface area contributed by atoms with Gasteiger partial charge in [-0.25, -0.2) is 0 Å². The Labute approximate surface area is 31.9 Å².